The number of nitrogens with one attached hydrogen (secondary N) is 1. The van der Waals surface area contributed by atoms with Crippen molar-refractivity contribution >= 4 is 5.96 Å². The number of hydrogen-bond acceptors (Lipinski definition) is 5. The van der Waals surface area contributed by atoms with Crippen LogP contribution in [0.25, 0.3) is 0 Å². The fraction of sp³-hybridized carbons (Fsp3) is 0.789. The molecule has 1 N–H and O–H groups in total. The number of guanidine groups is 1. The molecule has 3 heterocycles. The second-order valence-electron chi connectivity index (χ2n) is 7.82. The van der Waals surface area contributed by atoms with Crippen molar-refractivity contribution in [3.8, 4) is 0 Å². The fourth-order valence-electron chi connectivity index (χ4n) is 4.27. The van der Waals surface area contributed by atoms with Gasteiger partial charge in [0.25, 0.3) is 0 Å². The summed E-state index contributed by atoms with van der Waals surface area (Å²) in [6, 6.07) is 1.90. The van der Waals surface area contributed by atoms with Crippen molar-refractivity contribution in [2.45, 2.75) is 44.2 Å². The van der Waals surface area contributed by atoms with Crippen LogP contribution < -0.4 is 5.32 Å². The van der Waals surface area contributed by atoms with Crippen molar-refractivity contribution in [2.24, 2.45) is 4.99 Å². The molecule has 2 aliphatic rings. The molecule has 0 bridgehead atoms. The Kier molecular flexibility index (Phi) is 6.53. The van der Waals surface area contributed by atoms with Gasteiger partial charge >= 0.3 is 0 Å². The van der Waals surface area contributed by atoms with Crippen LogP contribution in [0.3, 0.4) is 0 Å². The van der Waals surface area contributed by atoms with Crippen LogP contribution in [0.5, 0.6) is 0 Å². The summed E-state index contributed by atoms with van der Waals surface area (Å²) in [5.74, 6) is 0.920. The first-order valence-corrected chi connectivity index (χ1v) is 9.88. The number of rotatable bonds is 5. The molecule has 2 saturated heterocycles. The lowest BCUT2D eigenvalue weighted by atomic mass is 9.84. The smallest absolute Gasteiger partial charge is 0.193 e. The highest BCUT2D eigenvalue weighted by molar-refractivity contribution is 5.79. The number of likely N-dealkylation sites (tertiary alicyclic amines) is 2. The van der Waals surface area contributed by atoms with Crippen molar-refractivity contribution < 1.29 is 4.52 Å². The van der Waals surface area contributed by atoms with E-state index in [9.17, 15) is 0 Å². The van der Waals surface area contributed by atoms with E-state index in [1.165, 1.54) is 58.3 Å². The lowest BCUT2D eigenvalue weighted by Crippen LogP contribution is -2.62. The molecule has 3 rings (SSSR count). The van der Waals surface area contributed by atoms with Crippen molar-refractivity contribution in [2.75, 3.05) is 53.9 Å². The predicted molar refractivity (Wildman–Crippen MR) is 104 cm³/mol. The SMILES string of the molecule is CN=C(NCC1(N2CCCCC2)CCN(C)CC1)N(C)Cc1ccon1. The van der Waals surface area contributed by atoms with Crippen LogP contribution in [0.15, 0.2) is 21.8 Å². The Morgan fingerprint density at radius 2 is 2.00 bits per heavy atom. The second kappa shape index (κ2) is 8.86. The molecule has 2 fully saturated rings. The van der Waals surface area contributed by atoms with Crippen molar-refractivity contribution in [1.29, 1.82) is 0 Å². The van der Waals surface area contributed by atoms with Crippen LogP contribution in [-0.2, 0) is 6.54 Å². The molecule has 26 heavy (non-hydrogen) atoms. The van der Waals surface area contributed by atoms with Gasteiger partial charge in [0.05, 0.1) is 6.54 Å². The van der Waals surface area contributed by atoms with Gasteiger partial charge in [-0.15, -0.1) is 0 Å². The molecular weight excluding hydrogens is 328 g/mol. The molecule has 146 valence electrons. The summed E-state index contributed by atoms with van der Waals surface area (Å²) in [7, 11) is 6.13. The van der Waals surface area contributed by atoms with E-state index in [-0.39, 0.29) is 5.54 Å². The van der Waals surface area contributed by atoms with Gasteiger partial charge < -0.3 is 19.6 Å². The van der Waals surface area contributed by atoms with Crippen molar-refractivity contribution in [3.63, 3.8) is 0 Å². The van der Waals surface area contributed by atoms with E-state index >= 15 is 0 Å². The minimum absolute atomic E-state index is 0.248. The Morgan fingerprint density at radius 3 is 2.62 bits per heavy atom. The third kappa shape index (κ3) is 4.57. The van der Waals surface area contributed by atoms with Crippen LogP contribution in [0.2, 0.25) is 0 Å². The van der Waals surface area contributed by atoms with E-state index in [4.69, 9.17) is 4.52 Å². The lowest BCUT2D eigenvalue weighted by Gasteiger charge is -2.50. The highest BCUT2D eigenvalue weighted by atomic mass is 16.5. The number of hydrogen-bond donors (Lipinski definition) is 1. The van der Waals surface area contributed by atoms with E-state index in [2.05, 4.69) is 37.2 Å². The maximum absolute atomic E-state index is 4.94. The first-order chi connectivity index (χ1) is 12.6. The molecule has 2 aliphatic heterocycles. The maximum Gasteiger partial charge on any atom is 0.193 e. The molecule has 0 aromatic carbocycles. The summed E-state index contributed by atoms with van der Waals surface area (Å²) in [4.78, 5) is 11.8. The van der Waals surface area contributed by atoms with Gasteiger partial charge in [-0.25, -0.2) is 0 Å². The molecular formula is C19H34N6O. The topological polar surface area (TPSA) is 60.1 Å². The van der Waals surface area contributed by atoms with Crippen LogP contribution in [-0.4, -0.2) is 85.2 Å². The zero-order valence-corrected chi connectivity index (χ0v) is 16.6. The minimum atomic E-state index is 0.248. The van der Waals surface area contributed by atoms with E-state index in [1.807, 2.05) is 20.2 Å². The summed E-state index contributed by atoms with van der Waals surface area (Å²) in [5, 5.41) is 7.67. The number of piperidine rings is 2. The van der Waals surface area contributed by atoms with Crippen molar-refractivity contribution in [1.82, 2.24) is 25.2 Å². The Bertz CT molecular complexity index is 559. The van der Waals surface area contributed by atoms with Gasteiger partial charge in [-0.3, -0.25) is 9.89 Å². The van der Waals surface area contributed by atoms with Gasteiger partial charge in [0.1, 0.15) is 12.0 Å². The van der Waals surface area contributed by atoms with E-state index in [0.717, 1.165) is 18.2 Å². The summed E-state index contributed by atoms with van der Waals surface area (Å²) in [6.07, 6.45) is 8.10. The summed E-state index contributed by atoms with van der Waals surface area (Å²) < 4.78 is 4.94. The largest absolute Gasteiger partial charge is 0.364 e. The number of nitrogens with zero attached hydrogens (tertiary/aromatic N) is 5. The fourth-order valence-corrected chi connectivity index (χ4v) is 4.27. The number of aromatic nitrogens is 1. The molecule has 1 aromatic rings. The minimum Gasteiger partial charge on any atom is -0.364 e. The standard InChI is InChI=1S/C19H34N6O/c1-20-18(24(3)15-17-7-14-26-22-17)21-16-19(8-12-23(2)13-9-19)25-10-5-4-6-11-25/h7,14H,4-6,8-13,15-16H2,1-3H3,(H,20,21). The van der Waals surface area contributed by atoms with E-state index < -0.39 is 0 Å². The van der Waals surface area contributed by atoms with Crippen molar-refractivity contribution in [3.05, 3.63) is 18.0 Å². The molecule has 0 unspecified atom stereocenters. The zero-order chi connectivity index (χ0) is 18.4. The summed E-state index contributed by atoms with van der Waals surface area (Å²) in [6.45, 7) is 6.46. The molecule has 1 aromatic heterocycles. The zero-order valence-electron chi connectivity index (χ0n) is 16.6. The molecule has 0 radical (unpaired) electrons. The Morgan fingerprint density at radius 1 is 1.27 bits per heavy atom. The Labute approximate surface area is 157 Å². The molecule has 0 amide bonds. The Hall–Kier alpha value is -1.60. The molecule has 0 saturated carbocycles. The van der Waals surface area contributed by atoms with Crippen LogP contribution in [0.1, 0.15) is 37.8 Å². The van der Waals surface area contributed by atoms with Crippen LogP contribution >= 0.6 is 0 Å². The molecule has 7 heteroatoms. The summed E-state index contributed by atoms with van der Waals surface area (Å²) in [5.41, 5.74) is 1.16. The quantitative estimate of drug-likeness (QED) is 0.635. The predicted octanol–water partition coefficient (Wildman–Crippen LogP) is 1.63. The highest BCUT2D eigenvalue weighted by Crippen LogP contribution is 2.30. The average molecular weight is 363 g/mol. The molecule has 0 atom stereocenters. The van der Waals surface area contributed by atoms with Crippen LogP contribution in [0.4, 0.5) is 0 Å². The third-order valence-corrected chi connectivity index (χ3v) is 5.98. The highest BCUT2D eigenvalue weighted by Gasteiger charge is 2.39. The maximum atomic E-state index is 4.94. The van der Waals surface area contributed by atoms with Gasteiger partial charge in [0.15, 0.2) is 5.96 Å². The first-order valence-electron chi connectivity index (χ1n) is 9.88. The van der Waals surface area contributed by atoms with E-state index in [0.29, 0.717) is 6.54 Å². The molecule has 0 spiro atoms. The molecule has 0 aliphatic carbocycles. The summed E-state index contributed by atoms with van der Waals surface area (Å²) >= 11 is 0. The molecule has 7 nitrogen and oxygen atoms in total. The second-order valence-corrected chi connectivity index (χ2v) is 7.82. The van der Waals surface area contributed by atoms with E-state index in [1.54, 1.807) is 6.26 Å². The van der Waals surface area contributed by atoms with Gasteiger partial charge in [-0.1, -0.05) is 11.6 Å². The lowest BCUT2D eigenvalue weighted by molar-refractivity contribution is 0.0170. The van der Waals surface area contributed by atoms with Gasteiger partial charge in [0.2, 0.25) is 0 Å². The average Bonchev–Trinajstić information content (AvgIpc) is 3.18. The monoisotopic (exact) mass is 362 g/mol. The first kappa shape index (κ1) is 19.2. The van der Waals surface area contributed by atoms with Gasteiger partial charge in [0, 0.05) is 32.2 Å². The van der Waals surface area contributed by atoms with Gasteiger partial charge in [-0.05, 0) is 58.9 Å². The normalized spacial score (nSPS) is 22.3. The third-order valence-electron chi connectivity index (χ3n) is 5.98. The number of aliphatic imine (C=N–C) groups is 1. The Balaban J connectivity index is 1.64. The van der Waals surface area contributed by atoms with Crippen LogP contribution in [0, 0.1) is 0 Å². The van der Waals surface area contributed by atoms with Gasteiger partial charge in [-0.2, -0.15) is 0 Å².